The average Bonchev–Trinajstić information content (AvgIpc) is 3.79. The summed E-state index contributed by atoms with van der Waals surface area (Å²) in [5, 5.41) is 12.3. The van der Waals surface area contributed by atoms with Gasteiger partial charge in [0.25, 0.3) is 0 Å². The Hall–Kier alpha value is -4.01. The van der Waals surface area contributed by atoms with Gasteiger partial charge in [0.05, 0.1) is 6.10 Å². The van der Waals surface area contributed by atoms with Crippen LogP contribution in [0.3, 0.4) is 0 Å². The number of carbonyl (C=O) groups excluding carboxylic acids is 3. The summed E-state index contributed by atoms with van der Waals surface area (Å²) in [4.78, 5) is 47.8. The second-order valence-electron chi connectivity index (χ2n) is 14.0. The molecule has 2 aliphatic rings. The molecule has 3 N–H and O–H groups in total. The van der Waals surface area contributed by atoms with E-state index < -0.39 is 23.2 Å². The Kier molecular flexibility index (Phi) is 9.70. The van der Waals surface area contributed by atoms with Crippen molar-refractivity contribution in [2.45, 2.75) is 82.0 Å². The van der Waals surface area contributed by atoms with Crippen LogP contribution in [0.5, 0.6) is 0 Å². The summed E-state index contributed by atoms with van der Waals surface area (Å²) in [5.41, 5.74) is 7.44. The molecule has 3 atom stereocenters. The number of aliphatic hydroxyl groups excluding tert-OH is 1. The van der Waals surface area contributed by atoms with Gasteiger partial charge >= 0.3 is 0 Å². The number of likely N-dealkylation sites (N-methyl/N-ethyl adjacent to an activating group) is 2. The number of likely N-dealkylation sites (tertiary alicyclic amines) is 1. The Morgan fingerprint density at radius 3 is 2.28 bits per heavy atom. The summed E-state index contributed by atoms with van der Waals surface area (Å²) in [7, 11) is 3.38. The number of fused-ring (bicyclic) bond motifs is 1. The number of piperidine rings is 1. The van der Waals surface area contributed by atoms with Crippen molar-refractivity contribution in [2.24, 2.45) is 5.73 Å². The number of rotatable bonds is 10. The predicted molar refractivity (Wildman–Crippen MR) is 182 cm³/mol. The third-order valence-electron chi connectivity index (χ3n) is 9.63. The van der Waals surface area contributed by atoms with Crippen molar-refractivity contribution in [1.82, 2.24) is 14.7 Å². The lowest BCUT2D eigenvalue weighted by Crippen LogP contribution is -2.58. The van der Waals surface area contributed by atoms with E-state index in [2.05, 4.69) is 6.07 Å². The highest BCUT2D eigenvalue weighted by molar-refractivity contribution is 5.99. The van der Waals surface area contributed by atoms with E-state index in [1.807, 2.05) is 87.5 Å². The van der Waals surface area contributed by atoms with Crippen molar-refractivity contribution in [1.29, 1.82) is 0 Å². The first kappa shape index (κ1) is 33.4. The summed E-state index contributed by atoms with van der Waals surface area (Å²) < 4.78 is 0. The standard InChI is InChI=1S/C38H48N4O4/c1-26(24-37(2,3)39)21-34(44)40(4)33(23-27-15-16-28-11-9-10-14-30(28)22-27)35(45)41(5)38(25-32(38)29-12-7-6-8-13-29)36(46)42-19-17-31(43)18-20-42/h6-16,21-22,31-33,43H,17-20,23-25,39H2,1-5H3/b26-21+/t32-,33+,38?/m0/s1. The third kappa shape index (κ3) is 7.18. The number of nitrogens with zero attached hydrogens (tertiary/aromatic N) is 3. The Morgan fingerprint density at radius 1 is 1.00 bits per heavy atom. The fourth-order valence-corrected chi connectivity index (χ4v) is 7.06. The van der Waals surface area contributed by atoms with E-state index in [9.17, 15) is 19.5 Å². The van der Waals surface area contributed by atoms with Crippen molar-refractivity contribution in [3.05, 3.63) is 95.6 Å². The molecule has 1 unspecified atom stereocenters. The maximum absolute atomic E-state index is 14.8. The van der Waals surface area contributed by atoms with Crippen LogP contribution in [0.15, 0.2) is 84.4 Å². The number of aliphatic hydroxyl groups is 1. The fraction of sp³-hybridized carbons (Fsp3) is 0.447. The van der Waals surface area contributed by atoms with Crippen molar-refractivity contribution < 1.29 is 19.5 Å². The zero-order valence-electron chi connectivity index (χ0n) is 27.8. The number of nitrogens with two attached hydrogens (primary N) is 1. The molecule has 1 heterocycles. The molecule has 1 aliphatic carbocycles. The highest BCUT2D eigenvalue weighted by Crippen LogP contribution is 2.56. The van der Waals surface area contributed by atoms with Gasteiger partial charge in [-0.1, -0.05) is 78.4 Å². The maximum atomic E-state index is 14.8. The van der Waals surface area contributed by atoms with E-state index in [1.54, 1.807) is 30.0 Å². The molecule has 0 radical (unpaired) electrons. The van der Waals surface area contributed by atoms with Crippen LogP contribution in [0.25, 0.3) is 10.8 Å². The van der Waals surface area contributed by atoms with Gasteiger partial charge in [-0.05, 0) is 68.4 Å². The lowest BCUT2D eigenvalue weighted by atomic mass is 9.96. The van der Waals surface area contributed by atoms with Gasteiger partial charge < -0.3 is 25.5 Å². The molecule has 5 rings (SSSR count). The first-order chi connectivity index (χ1) is 21.8. The van der Waals surface area contributed by atoms with E-state index in [4.69, 9.17) is 5.73 Å². The molecule has 2 fully saturated rings. The number of benzene rings is 3. The molecule has 1 saturated heterocycles. The molecular weight excluding hydrogens is 576 g/mol. The Balaban J connectivity index is 1.50. The first-order valence-corrected chi connectivity index (χ1v) is 16.3. The van der Waals surface area contributed by atoms with Crippen LogP contribution in [0.1, 0.15) is 63.5 Å². The molecule has 3 amide bonds. The van der Waals surface area contributed by atoms with Gasteiger partial charge in [-0.15, -0.1) is 0 Å². The quantitative estimate of drug-likeness (QED) is 0.320. The van der Waals surface area contributed by atoms with Gasteiger partial charge in [0.15, 0.2) is 0 Å². The molecule has 244 valence electrons. The summed E-state index contributed by atoms with van der Waals surface area (Å²) in [6.45, 7) is 6.61. The highest BCUT2D eigenvalue weighted by Gasteiger charge is 2.66. The second kappa shape index (κ2) is 13.4. The van der Waals surface area contributed by atoms with E-state index in [-0.39, 0.29) is 23.6 Å². The Bertz CT molecular complexity index is 1610. The van der Waals surface area contributed by atoms with Gasteiger partial charge in [-0.3, -0.25) is 14.4 Å². The zero-order chi connectivity index (χ0) is 33.2. The second-order valence-corrected chi connectivity index (χ2v) is 14.0. The lowest BCUT2D eigenvalue weighted by molar-refractivity contribution is -0.152. The number of hydrogen-bond acceptors (Lipinski definition) is 5. The summed E-state index contributed by atoms with van der Waals surface area (Å²) in [6.07, 6.45) is 3.51. The van der Waals surface area contributed by atoms with E-state index in [0.29, 0.717) is 45.2 Å². The predicted octanol–water partition coefficient (Wildman–Crippen LogP) is 4.65. The van der Waals surface area contributed by atoms with Crippen LogP contribution in [0.4, 0.5) is 0 Å². The molecule has 0 spiro atoms. The minimum absolute atomic E-state index is 0.0940. The van der Waals surface area contributed by atoms with E-state index >= 15 is 0 Å². The van der Waals surface area contributed by atoms with Gasteiger partial charge in [-0.25, -0.2) is 0 Å². The molecule has 0 bridgehead atoms. The van der Waals surface area contributed by atoms with Crippen LogP contribution in [0.2, 0.25) is 0 Å². The van der Waals surface area contributed by atoms with Gasteiger partial charge in [0, 0.05) is 51.1 Å². The molecule has 3 aromatic rings. The Labute approximate surface area is 272 Å². The minimum Gasteiger partial charge on any atom is -0.393 e. The normalized spacial score (nSPS) is 21.2. The van der Waals surface area contributed by atoms with Crippen LogP contribution < -0.4 is 5.73 Å². The van der Waals surface area contributed by atoms with Gasteiger partial charge in [-0.2, -0.15) is 0 Å². The monoisotopic (exact) mass is 624 g/mol. The number of amides is 3. The fourth-order valence-electron chi connectivity index (χ4n) is 7.06. The van der Waals surface area contributed by atoms with Gasteiger partial charge in [0.1, 0.15) is 11.6 Å². The SMILES string of the molecule is C/C(=C\C(=O)N(C)[C@H](Cc1ccc2ccccc2c1)C(=O)N(C)C1(C(=O)N2CCC(O)CC2)C[C@H]1c1ccccc1)CC(C)(C)N. The van der Waals surface area contributed by atoms with Crippen molar-refractivity contribution in [2.75, 3.05) is 27.2 Å². The van der Waals surface area contributed by atoms with Crippen LogP contribution in [0, 0.1) is 0 Å². The van der Waals surface area contributed by atoms with Crippen LogP contribution in [-0.2, 0) is 20.8 Å². The molecular formula is C38H48N4O4. The summed E-state index contributed by atoms with van der Waals surface area (Å²) in [6, 6.07) is 23.2. The molecule has 3 aromatic carbocycles. The minimum atomic E-state index is -1.07. The number of hydrogen-bond donors (Lipinski definition) is 2. The molecule has 8 heteroatoms. The van der Waals surface area contributed by atoms with Gasteiger partial charge in [0.2, 0.25) is 17.7 Å². The Morgan fingerprint density at radius 2 is 1.63 bits per heavy atom. The largest absolute Gasteiger partial charge is 0.393 e. The molecule has 0 aromatic heterocycles. The molecule has 1 saturated carbocycles. The van der Waals surface area contributed by atoms with Crippen molar-refractivity contribution >= 4 is 28.5 Å². The zero-order valence-corrected chi connectivity index (χ0v) is 27.8. The number of carbonyl (C=O) groups is 3. The van der Waals surface area contributed by atoms with Crippen LogP contribution >= 0.6 is 0 Å². The molecule has 46 heavy (non-hydrogen) atoms. The topological polar surface area (TPSA) is 107 Å². The van der Waals surface area contributed by atoms with Crippen molar-refractivity contribution in [3.8, 4) is 0 Å². The van der Waals surface area contributed by atoms with E-state index in [0.717, 1.165) is 27.5 Å². The lowest BCUT2D eigenvalue weighted by Gasteiger charge is -2.39. The smallest absolute Gasteiger partial charge is 0.249 e. The molecule has 8 nitrogen and oxygen atoms in total. The third-order valence-corrected chi connectivity index (χ3v) is 9.63. The van der Waals surface area contributed by atoms with E-state index in [1.165, 1.54) is 4.90 Å². The molecule has 1 aliphatic heterocycles. The van der Waals surface area contributed by atoms with Crippen LogP contribution in [-0.4, -0.2) is 87.9 Å². The van der Waals surface area contributed by atoms with Crippen molar-refractivity contribution in [3.63, 3.8) is 0 Å². The highest BCUT2D eigenvalue weighted by atomic mass is 16.3. The average molecular weight is 625 g/mol. The first-order valence-electron chi connectivity index (χ1n) is 16.3. The summed E-state index contributed by atoms with van der Waals surface area (Å²) >= 11 is 0. The summed E-state index contributed by atoms with van der Waals surface area (Å²) in [5.74, 6) is -0.824. The maximum Gasteiger partial charge on any atom is 0.249 e.